The Hall–Kier alpha value is -3.42. The molecule has 2 N–H and O–H groups in total. The SMILES string of the molecule is CC(C)(C)N1CCC(n2cc([C@@H](Nc3cc(Cl)cc4c(NC5CCOCC5)c(C#N)cnc34)c3ccc(Cl)cc3)nn2)CC1. The maximum absolute atomic E-state index is 9.94. The van der Waals surface area contributed by atoms with Crippen molar-refractivity contribution in [2.75, 3.05) is 36.9 Å². The molecule has 6 rings (SSSR count). The number of hydrogen-bond donors (Lipinski definition) is 2. The van der Waals surface area contributed by atoms with Gasteiger partial charge in [-0.15, -0.1) is 5.10 Å². The summed E-state index contributed by atoms with van der Waals surface area (Å²) in [5.41, 5.74) is 4.59. The minimum atomic E-state index is -0.346. The maximum atomic E-state index is 9.94. The van der Waals surface area contributed by atoms with Crippen LogP contribution < -0.4 is 10.6 Å². The van der Waals surface area contributed by atoms with Crippen LogP contribution in [0.15, 0.2) is 48.8 Å². The quantitative estimate of drug-likeness (QED) is 0.220. The molecule has 2 aromatic carbocycles. The van der Waals surface area contributed by atoms with Gasteiger partial charge in [0, 0.05) is 59.5 Å². The monoisotopic (exact) mass is 632 g/mol. The van der Waals surface area contributed by atoms with Gasteiger partial charge >= 0.3 is 0 Å². The number of rotatable bonds is 7. The molecule has 0 unspecified atom stereocenters. The van der Waals surface area contributed by atoms with Crippen LogP contribution in [0.25, 0.3) is 10.9 Å². The van der Waals surface area contributed by atoms with E-state index in [9.17, 15) is 5.26 Å². The van der Waals surface area contributed by atoms with E-state index in [4.69, 9.17) is 32.9 Å². The van der Waals surface area contributed by atoms with E-state index in [2.05, 4.69) is 58.9 Å². The predicted octanol–water partition coefficient (Wildman–Crippen LogP) is 7.23. The predicted molar refractivity (Wildman–Crippen MR) is 175 cm³/mol. The number of nitriles is 1. The van der Waals surface area contributed by atoms with E-state index in [0.717, 1.165) is 66.8 Å². The largest absolute Gasteiger partial charge is 0.381 e. The van der Waals surface area contributed by atoms with Gasteiger partial charge in [0.1, 0.15) is 11.8 Å². The first-order valence-corrected chi connectivity index (χ1v) is 16.0. The Balaban J connectivity index is 1.35. The van der Waals surface area contributed by atoms with E-state index in [1.165, 1.54) is 0 Å². The summed E-state index contributed by atoms with van der Waals surface area (Å²) in [6.45, 7) is 10.2. The van der Waals surface area contributed by atoms with Crippen molar-refractivity contribution in [2.24, 2.45) is 0 Å². The van der Waals surface area contributed by atoms with Crippen LogP contribution in [0, 0.1) is 11.3 Å². The van der Waals surface area contributed by atoms with Gasteiger partial charge in [-0.3, -0.25) is 9.88 Å². The zero-order valence-electron chi connectivity index (χ0n) is 25.4. The Labute approximate surface area is 268 Å². The number of hydrogen-bond acceptors (Lipinski definition) is 8. The second kappa shape index (κ2) is 12.9. The second-order valence-electron chi connectivity index (χ2n) is 12.7. The molecule has 0 radical (unpaired) electrons. The number of benzene rings is 2. The van der Waals surface area contributed by atoms with Crippen molar-refractivity contribution in [1.29, 1.82) is 5.26 Å². The van der Waals surface area contributed by atoms with E-state index >= 15 is 0 Å². The van der Waals surface area contributed by atoms with E-state index in [-0.39, 0.29) is 23.7 Å². The fraction of sp³-hybridized carbons (Fsp3) is 0.455. The maximum Gasteiger partial charge on any atom is 0.109 e. The summed E-state index contributed by atoms with van der Waals surface area (Å²) in [7, 11) is 0. The third-order valence-corrected chi connectivity index (χ3v) is 9.21. The van der Waals surface area contributed by atoms with Crippen molar-refractivity contribution in [3.8, 4) is 6.07 Å². The van der Waals surface area contributed by atoms with Crippen LogP contribution in [0.4, 0.5) is 11.4 Å². The van der Waals surface area contributed by atoms with Crippen LogP contribution in [0.3, 0.4) is 0 Å². The highest BCUT2D eigenvalue weighted by Gasteiger charge is 2.29. The van der Waals surface area contributed by atoms with E-state index in [1.807, 2.05) is 41.1 Å². The summed E-state index contributed by atoms with van der Waals surface area (Å²) in [6, 6.07) is 13.9. The number of piperidine rings is 1. The molecule has 4 heterocycles. The molecule has 2 aromatic heterocycles. The van der Waals surface area contributed by atoms with Gasteiger partial charge in [0.2, 0.25) is 0 Å². The van der Waals surface area contributed by atoms with Crippen molar-refractivity contribution in [3.05, 3.63) is 75.7 Å². The summed E-state index contributed by atoms with van der Waals surface area (Å²) >= 11 is 13.0. The van der Waals surface area contributed by atoms with Crippen molar-refractivity contribution >= 4 is 45.5 Å². The van der Waals surface area contributed by atoms with Crippen LogP contribution in [-0.2, 0) is 4.74 Å². The lowest BCUT2D eigenvalue weighted by atomic mass is 9.98. The number of likely N-dealkylation sites (tertiary alicyclic amines) is 1. The molecule has 0 bridgehead atoms. The molecule has 1 atom stereocenters. The zero-order chi connectivity index (χ0) is 30.8. The second-order valence-corrected chi connectivity index (χ2v) is 13.6. The molecule has 9 nitrogen and oxygen atoms in total. The Bertz CT molecular complexity index is 1650. The highest BCUT2D eigenvalue weighted by Crippen LogP contribution is 2.37. The molecule has 0 spiro atoms. The van der Waals surface area contributed by atoms with Crippen LogP contribution in [0.5, 0.6) is 0 Å². The lowest BCUT2D eigenvalue weighted by molar-refractivity contribution is 0.0866. The highest BCUT2D eigenvalue weighted by atomic mass is 35.5. The summed E-state index contributed by atoms with van der Waals surface area (Å²) in [5.74, 6) is 0. The van der Waals surface area contributed by atoms with Gasteiger partial charge in [-0.05, 0) is 76.3 Å². The molecule has 230 valence electrons. The summed E-state index contributed by atoms with van der Waals surface area (Å²) in [5, 5.41) is 28.5. The van der Waals surface area contributed by atoms with Crippen LogP contribution in [0.1, 0.15) is 75.4 Å². The minimum absolute atomic E-state index is 0.157. The molecule has 2 fully saturated rings. The van der Waals surface area contributed by atoms with E-state index < -0.39 is 0 Å². The van der Waals surface area contributed by atoms with E-state index in [0.29, 0.717) is 34.3 Å². The first-order valence-electron chi connectivity index (χ1n) is 15.2. The molecule has 0 aliphatic carbocycles. The van der Waals surface area contributed by atoms with Crippen molar-refractivity contribution in [3.63, 3.8) is 0 Å². The minimum Gasteiger partial charge on any atom is -0.381 e. The number of halogens is 2. The summed E-state index contributed by atoms with van der Waals surface area (Å²) in [4.78, 5) is 7.26. The fourth-order valence-electron chi connectivity index (χ4n) is 6.21. The first-order chi connectivity index (χ1) is 21.2. The highest BCUT2D eigenvalue weighted by molar-refractivity contribution is 6.32. The third-order valence-electron chi connectivity index (χ3n) is 8.74. The Kier molecular flexibility index (Phi) is 8.97. The van der Waals surface area contributed by atoms with Crippen molar-refractivity contribution < 1.29 is 4.74 Å². The van der Waals surface area contributed by atoms with Gasteiger partial charge in [-0.2, -0.15) is 5.26 Å². The summed E-state index contributed by atoms with van der Waals surface area (Å²) < 4.78 is 7.56. The topological polar surface area (TPSA) is 104 Å². The molecule has 2 aliphatic heterocycles. The molecular formula is C33H38Cl2N8O. The van der Waals surface area contributed by atoms with E-state index in [1.54, 1.807) is 6.20 Å². The fourth-order valence-corrected chi connectivity index (χ4v) is 6.55. The molecule has 11 heteroatoms. The number of nitrogens with one attached hydrogen (secondary N) is 2. The third kappa shape index (κ3) is 6.64. The van der Waals surface area contributed by atoms with Gasteiger partial charge in [0.05, 0.1) is 40.7 Å². The number of nitrogens with zero attached hydrogens (tertiary/aromatic N) is 6. The standard InChI is InChI=1S/C33H38Cl2N8O/c1-33(2,3)42-12-8-26(9-13-42)43-20-29(40-41-43)31(21-4-6-23(34)7-5-21)39-28-17-24(35)16-27-30(22(18-36)19-37-32(27)28)38-25-10-14-44-15-11-25/h4-7,16-17,19-20,25-26,31,39H,8-15H2,1-3H3,(H,37,38)/t31-/m0/s1. The number of pyridine rings is 1. The molecule has 44 heavy (non-hydrogen) atoms. The van der Waals surface area contributed by atoms with Gasteiger partial charge in [0.15, 0.2) is 0 Å². The van der Waals surface area contributed by atoms with Gasteiger partial charge in [-0.25, -0.2) is 4.68 Å². The average molecular weight is 634 g/mol. The smallest absolute Gasteiger partial charge is 0.109 e. The van der Waals surface area contributed by atoms with Crippen molar-refractivity contribution in [1.82, 2.24) is 24.9 Å². The molecule has 2 saturated heterocycles. The lowest BCUT2D eigenvalue weighted by Gasteiger charge is -2.40. The number of fused-ring (bicyclic) bond motifs is 1. The summed E-state index contributed by atoms with van der Waals surface area (Å²) in [6.07, 6.45) is 7.45. The van der Waals surface area contributed by atoms with Crippen molar-refractivity contribution in [2.45, 2.75) is 70.1 Å². The van der Waals surface area contributed by atoms with Crippen LogP contribution in [-0.4, -0.2) is 62.8 Å². The molecule has 2 aliphatic rings. The average Bonchev–Trinajstić information content (AvgIpc) is 3.51. The molecule has 0 saturated carbocycles. The Morgan fingerprint density at radius 1 is 1.02 bits per heavy atom. The molecule has 4 aromatic rings. The Morgan fingerprint density at radius 2 is 1.75 bits per heavy atom. The van der Waals surface area contributed by atoms with Crippen LogP contribution >= 0.6 is 23.2 Å². The van der Waals surface area contributed by atoms with Gasteiger partial charge < -0.3 is 15.4 Å². The number of ether oxygens (including phenoxy) is 1. The molecule has 0 amide bonds. The van der Waals surface area contributed by atoms with Gasteiger partial charge in [0.25, 0.3) is 0 Å². The number of aromatic nitrogens is 4. The lowest BCUT2D eigenvalue weighted by Crippen LogP contribution is -2.46. The van der Waals surface area contributed by atoms with Crippen LogP contribution in [0.2, 0.25) is 10.0 Å². The van der Waals surface area contributed by atoms with Gasteiger partial charge in [-0.1, -0.05) is 40.5 Å². The molecular weight excluding hydrogens is 595 g/mol. The first kappa shape index (κ1) is 30.6. The Morgan fingerprint density at radius 3 is 2.43 bits per heavy atom. The normalized spacial score (nSPS) is 17.8. The zero-order valence-corrected chi connectivity index (χ0v) is 26.9. The number of anilines is 2.